The van der Waals surface area contributed by atoms with Gasteiger partial charge in [-0.1, -0.05) is 6.92 Å². The first-order chi connectivity index (χ1) is 8.43. The number of hydrogen-bond donors (Lipinski definition) is 3. The van der Waals surface area contributed by atoms with E-state index in [4.69, 9.17) is 10.8 Å². The summed E-state index contributed by atoms with van der Waals surface area (Å²) in [6, 6.07) is -1.00. The Balaban J connectivity index is 2.56. The minimum Gasteiger partial charge on any atom is -0.480 e. The van der Waals surface area contributed by atoms with Crippen molar-refractivity contribution in [3.05, 3.63) is 16.1 Å². The third kappa shape index (κ3) is 4.08. The number of carboxylic acids is 1. The maximum Gasteiger partial charge on any atom is 0.326 e. The molecule has 1 heterocycles. The molecule has 0 fully saturated rings. The van der Waals surface area contributed by atoms with Crippen molar-refractivity contribution < 1.29 is 14.7 Å². The van der Waals surface area contributed by atoms with Crippen LogP contribution < -0.4 is 11.1 Å². The van der Waals surface area contributed by atoms with Gasteiger partial charge in [0.2, 0.25) is 5.91 Å². The molecule has 1 aromatic rings. The third-order valence-corrected chi connectivity index (χ3v) is 3.44. The monoisotopic (exact) mass is 271 g/mol. The van der Waals surface area contributed by atoms with Crippen LogP contribution in [0.25, 0.3) is 0 Å². The zero-order valence-corrected chi connectivity index (χ0v) is 11.2. The molecule has 0 saturated heterocycles. The number of nitrogens with two attached hydrogens (primary N) is 1. The number of rotatable bonds is 6. The molecule has 1 amide bonds. The molecule has 0 bridgehead atoms. The number of nitrogens with zero attached hydrogens (tertiary/aromatic N) is 1. The van der Waals surface area contributed by atoms with Gasteiger partial charge >= 0.3 is 5.97 Å². The van der Waals surface area contributed by atoms with Crippen molar-refractivity contribution in [2.75, 3.05) is 0 Å². The highest BCUT2D eigenvalue weighted by Crippen LogP contribution is 2.16. The summed E-state index contributed by atoms with van der Waals surface area (Å²) in [4.78, 5) is 26.6. The number of aromatic nitrogens is 1. The van der Waals surface area contributed by atoms with Crippen LogP contribution in [0.3, 0.4) is 0 Å². The van der Waals surface area contributed by atoms with Crippen molar-refractivity contribution in [2.45, 2.75) is 38.8 Å². The van der Waals surface area contributed by atoms with Crippen LogP contribution in [0.1, 0.15) is 37.0 Å². The van der Waals surface area contributed by atoms with E-state index >= 15 is 0 Å². The molecule has 0 aromatic carbocycles. The number of aliphatic carboxylic acids is 1. The minimum absolute atomic E-state index is 0.0764. The van der Waals surface area contributed by atoms with E-state index in [1.807, 2.05) is 6.92 Å². The summed E-state index contributed by atoms with van der Waals surface area (Å²) in [6.45, 7) is 3.52. The number of carboxylic acid groups (broad SMARTS) is 1. The van der Waals surface area contributed by atoms with Crippen LogP contribution in [0.15, 0.2) is 5.38 Å². The normalized spacial score (nSPS) is 13.9. The molecular formula is C11H17N3O3S. The number of thiazole rings is 1. The SMILES string of the molecule is CCC(NC(=O)Cc1csc(C(C)N)n1)C(=O)O. The molecule has 0 spiro atoms. The van der Waals surface area contributed by atoms with Crippen LogP contribution >= 0.6 is 11.3 Å². The minimum atomic E-state index is -1.03. The Kier molecular flexibility index (Phi) is 5.24. The topological polar surface area (TPSA) is 105 Å². The maximum atomic E-state index is 11.6. The second-order valence-electron chi connectivity index (χ2n) is 4.01. The van der Waals surface area contributed by atoms with E-state index < -0.39 is 12.0 Å². The molecule has 4 N–H and O–H groups in total. The second kappa shape index (κ2) is 6.46. The van der Waals surface area contributed by atoms with Crippen molar-refractivity contribution in [1.82, 2.24) is 10.3 Å². The summed E-state index contributed by atoms with van der Waals surface area (Å²) in [6.07, 6.45) is 0.427. The molecule has 0 aliphatic rings. The van der Waals surface area contributed by atoms with Crippen LogP contribution in [0, 0.1) is 0 Å². The predicted molar refractivity (Wildman–Crippen MR) is 68.3 cm³/mol. The molecule has 0 aliphatic heterocycles. The molecule has 100 valence electrons. The molecule has 0 saturated carbocycles. The molecule has 0 radical (unpaired) electrons. The van der Waals surface area contributed by atoms with Gasteiger partial charge < -0.3 is 16.2 Å². The average Bonchev–Trinajstić information content (AvgIpc) is 2.74. The Morgan fingerprint density at radius 2 is 2.28 bits per heavy atom. The zero-order chi connectivity index (χ0) is 13.7. The molecule has 7 heteroatoms. The van der Waals surface area contributed by atoms with Gasteiger partial charge in [0, 0.05) is 5.38 Å². The fraction of sp³-hybridized carbons (Fsp3) is 0.545. The van der Waals surface area contributed by atoms with Crippen molar-refractivity contribution >= 4 is 23.2 Å². The van der Waals surface area contributed by atoms with Gasteiger partial charge in [-0.15, -0.1) is 11.3 Å². The Labute approximate surface area is 109 Å². The largest absolute Gasteiger partial charge is 0.480 e. The van der Waals surface area contributed by atoms with E-state index in [1.165, 1.54) is 11.3 Å². The fourth-order valence-corrected chi connectivity index (χ4v) is 2.14. The summed E-state index contributed by atoms with van der Waals surface area (Å²) in [5.74, 6) is -1.37. The first-order valence-corrected chi connectivity index (χ1v) is 6.54. The van der Waals surface area contributed by atoms with Crippen LogP contribution in [-0.4, -0.2) is 28.0 Å². The van der Waals surface area contributed by atoms with Gasteiger partial charge in [-0.3, -0.25) is 4.79 Å². The number of carbonyl (C=O) groups excluding carboxylic acids is 1. The van der Waals surface area contributed by atoms with Crippen molar-refractivity contribution in [1.29, 1.82) is 0 Å². The van der Waals surface area contributed by atoms with Crippen molar-refractivity contribution in [3.63, 3.8) is 0 Å². The molecule has 2 atom stereocenters. The lowest BCUT2D eigenvalue weighted by atomic mass is 10.2. The van der Waals surface area contributed by atoms with Gasteiger partial charge in [0.05, 0.1) is 18.2 Å². The van der Waals surface area contributed by atoms with Gasteiger partial charge in [-0.2, -0.15) is 0 Å². The summed E-state index contributed by atoms with van der Waals surface area (Å²) < 4.78 is 0. The van der Waals surface area contributed by atoms with E-state index in [0.717, 1.165) is 5.01 Å². The van der Waals surface area contributed by atoms with Crippen molar-refractivity contribution in [3.8, 4) is 0 Å². The Bertz CT molecular complexity index is 431. The first-order valence-electron chi connectivity index (χ1n) is 5.66. The predicted octanol–water partition coefficient (Wildman–Crippen LogP) is 0.685. The Hall–Kier alpha value is -1.47. The van der Waals surface area contributed by atoms with Crippen LogP contribution in [0.4, 0.5) is 0 Å². The highest BCUT2D eigenvalue weighted by Gasteiger charge is 2.18. The van der Waals surface area contributed by atoms with Crippen LogP contribution in [0.5, 0.6) is 0 Å². The third-order valence-electron chi connectivity index (χ3n) is 2.34. The van der Waals surface area contributed by atoms with E-state index in [-0.39, 0.29) is 18.4 Å². The number of hydrogen-bond acceptors (Lipinski definition) is 5. The Morgan fingerprint density at radius 3 is 2.72 bits per heavy atom. The summed E-state index contributed by atoms with van der Waals surface area (Å²) in [5, 5.41) is 13.8. The number of amides is 1. The number of nitrogens with one attached hydrogen (secondary N) is 1. The van der Waals surface area contributed by atoms with Crippen LogP contribution in [0.2, 0.25) is 0 Å². The van der Waals surface area contributed by atoms with Gasteiger partial charge in [-0.05, 0) is 13.3 Å². The second-order valence-corrected chi connectivity index (χ2v) is 4.90. The molecule has 1 aromatic heterocycles. The van der Waals surface area contributed by atoms with E-state index in [1.54, 1.807) is 12.3 Å². The van der Waals surface area contributed by atoms with Gasteiger partial charge in [0.25, 0.3) is 0 Å². The van der Waals surface area contributed by atoms with E-state index in [9.17, 15) is 9.59 Å². The zero-order valence-electron chi connectivity index (χ0n) is 10.3. The first kappa shape index (κ1) is 14.6. The van der Waals surface area contributed by atoms with Crippen molar-refractivity contribution in [2.24, 2.45) is 5.73 Å². The summed E-state index contributed by atoms with van der Waals surface area (Å²) >= 11 is 1.40. The molecule has 2 unspecified atom stereocenters. The number of carbonyl (C=O) groups is 2. The van der Waals surface area contributed by atoms with Gasteiger partial charge in [-0.25, -0.2) is 9.78 Å². The molecule has 18 heavy (non-hydrogen) atoms. The smallest absolute Gasteiger partial charge is 0.326 e. The molecule has 6 nitrogen and oxygen atoms in total. The van der Waals surface area contributed by atoms with Gasteiger partial charge in [0.15, 0.2) is 0 Å². The lowest BCUT2D eigenvalue weighted by molar-refractivity contribution is -0.141. The van der Waals surface area contributed by atoms with E-state index in [2.05, 4.69) is 10.3 Å². The van der Waals surface area contributed by atoms with Crippen LogP contribution in [-0.2, 0) is 16.0 Å². The quantitative estimate of drug-likeness (QED) is 0.705. The molecule has 0 aliphatic carbocycles. The standard InChI is InChI=1S/C11H17N3O3S/c1-3-8(11(16)17)14-9(15)4-7-5-18-10(13-7)6(2)12/h5-6,8H,3-4,12H2,1-2H3,(H,14,15)(H,16,17). The Morgan fingerprint density at radius 1 is 1.61 bits per heavy atom. The summed E-state index contributed by atoms with van der Waals surface area (Å²) in [7, 11) is 0. The fourth-order valence-electron chi connectivity index (χ4n) is 1.36. The maximum absolute atomic E-state index is 11.6. The summed E-state index contributed by atoms with van der Waals surface area (Å²) in [5.41, 5.74) is 6.29. The lowest BCUT2D eigenvalue weighted by Gasteiger charge is -2.11. The van der Waals surface area contributed by atoms with E-state index in [0.29, 0.717) is 12.1 Å². The highest BCUT2D eigenvalue weighted by atomic mass is 32.1. The molecule has 1 rings (SSSR count). The molecular weight excluding hydrogens is 254 g/mol. The lowest BCUT2D eigenvalue weighted by Crippen LogP contribution is -2.41. The van der Waals surface area contributed by atoms with Gasteiger partial charge in [0.1, 0.15) is 11.0 Å². The highest BCUT2D eigenvalue weighted by molar-refractivity contribution is 7.09. The average molecular weight is 271 g/mol.